The highest BCUT2D eigenvalue weighted by Gasteiger charge is 2.30. The smallest absolute Gasteiger partial charge is 0.413 e. The average molecular weight is 489 g/mol. The monoisotopic (exact) mass is 488 g/mol. The topological polar surface area (TPSA) is 106 Å². The molecule has 0 bridgehead atoms. The number of rotatable bonds is 7. The number of carbonyl (C=O) groups excluding carboxylic acids is 1. The fraction of sp³-hybridized carbons (Fsp3) is 0.720. The summed E-state index contributed by atoms with van der Waals surface area (Å²) in [4.78, 5) is 16.2. The normalized spacial score (nSPS) is 17.7. The van der Waals surface area contributed by atoms with E-state index in [2.05, 4.69) is 57.9 Å². The fourth-order valence-corrected chi connectivity index (χ4v) is 3.68. The van der Waals surface area contributed by atoms with Gasteiger partial charge in [0.05, 0.1) is 23.5 Å². The molecule has 3 N–H and O–H groups in total. The number of ether oxygens (including phenoxy) is 1. The number of carbonyl (C=O) groups is 1. The second-order valence-electron chi connectivity index (χ2n) is 11.2. The highest BCUT2D eigenvalue weighted by molar-refractivity contribution is 5.83. The summed E-state index contributed by atoms with van der Waals surface area (Å²) in [7, 11) is 8.22. The van der Waals surface area contributed by atoms with Crippen molar-refractivity contribution in [3.05, 3.63) is 23.5 Å². The first kappa shape index (κ1) is 27.0. The van der Waals surface area contributed by atoms with Crippen LogP contribution in [0.15, 0.2) is 12.1 Å². The van der Waals surface area contributed by atoms with E-state index in [9.17, 15) is 4.79 Å². The maximum absolute atomic E-state index is 11.8. The van der Waals surface area contributed by atoms with Crippen molar-refractivity contribution in [3.63, 3.8) is 0 Å². The maximum atomic E-state index is 11.8. The molecular weight excluding hydrogens is 444 g/mol. The molecule has 2 heterocycles. The molecule has 2 unspecified atom stereocenters. The Morgan fingerprint density at radius 2 is 1.43 bits per heavy atom. The summed E-state index contributed by atoms with van der Waals surface area (Å²) in [5.41, 5.74) is 7.57. The molecule has 2 atom stereocenters. The third kappa shape index (κ3) is 7.44. The summed E-state index contributed by atoms with van der Waals surface area (Å²) in [6, 6.07) is 5.62. The highest BCUT2D eigenvalue weighted by Crippen LogP contribution is 2.39. The van der Waals surface area contributed by atoms with Crippen molar-refractivity contribution in [2.75, 3.05) is 39.2 Å². The Morgan fingerprint density at radius 1 is 0.971 bits per heavy atom. The van der Waals surface area contributed by atoms with Crippen LogP contribution in [0.2, 0.25) is 0 Å². The molecule has 10 nitrogen and oxygen atoms in total. The summed E-state index contributed by atoms with van der Waals surface area (Å²) in [6.45, 7) is 9.83. The Morgan fingerprint density at radius 3 is 1.86 bits per heavy atom. The number of amides is 1. The summed E-state index contributed by atoms with van der Waals surface area (Å²) in [5.74, 6) is 1.19. The zero-order valence-corrected chi connectivity index (χ0v) is 22.9. The van der Waals surface area contributed by atoms with Crippen LogP contribution < -0.4 is 11.1 Å². The molecule has 2 fully saturated rings. The van der Waals surface area contributed by atoms with Gasteiger partial charge in [-0.25, -0.2) is 4.79 Å². The average Bonchev–Trinajstić information content (AvgIpc) is 3.67. The van der Waals surface area contributed by atoms with Crippen LogP contribution in [0.25, 0.3) is 0 Å². The summed E-state index contributed by atoms with van der Waals surface area (Å²) in [6.07, 6.45) is 4.33. The van der Waals surface area contributed by atoms with E-state index < -0.39 is 11.7 Å². The predicted molar refractivity (Wildman–Crippen MR) is 139 cm³/mol. The van der Waals surface area contributed by atoms with Crippen molar-refractivity contribution in [1.29, 1.82) is 0 Å². The molecule has 10 heteroatoms. The Bertz CT molecular complexity index is 996. The largest absolute Gasteiger partial charge is 0.444 e. The predicted octanol–water partition coefficient (Wildman–Crippen LogP) is 4.61. The first-order valence-electron chi connectivity index (χ1n) is 12.5. The van der Waals surface area contributed by atoms with Crippen molar-refractivity contribution in [2.24, 2.45) is 0 Å². The number of hydrogen-bond donors (Lipinski definition) is 2. The van der Waals surface area contributed by atoms with Gasteiger partial charge in [-0.15, -0.1) is 0 Å². The lowest BCUT2D eigenvalue weighted by atomic mass is 10.2. The van der Waals surface area contributed by atoms with Crippen LogP contribution in [0.1, 0.15) is 95.9 Å². The Labute approximate surface area is 209 Å². The van der Waals surface area contributed by atoms with E-state index in [1.807, 2.05) is 51.7 Å². The number of nitrogen functional groups attached to an aromatic ring is 1. The van der Waals surface area contributed by atoms with Crippen LogP contribution >= 0.6 is 0 Å². The molecule has 2 aromatic rings. The number of aromatic nitrogens is 4. The zero-order chi connectivity index (χ0) is 26.1. The molecule has 0 spiro atoms. The minimum absolute atomic E-state index is 0.243. The fourth-order valence-electron chi connectivity index (χ4n) is 3.68. The second kappa shape index (κ2) is 10.6. The van der Waals surface area contributed by atoms with E-state index in [1.165, 1.54) is 18.5 Å². The molecular formula is C25H44N8O2. The van der Waals surface area contributed by atoms with Gasteiger partial charge in [0, 0.05) is 24.2 Å². The molecule has 2 aliphatic carbocycles. The molecule has 0 aromatic carbocycles. The van der Waals surface area contributed by atoms with Gasteiger partial charge in [-0.3, -0.25) is 14.7 Å². The van der Waals surface area contributed by atoms with Gasteiger partial charge in [0.15, 0.2) is 5.82 Å². The Hall–Kier alpha value is -2.59. The SMILES string of the molecule is CC(c1cc(N)nn1C1CC1)N(C)C.CC(c1cc(NC(=O)OC(C)(C)C)nn1C1CC1)N(C)C. The molecule has 2 aromatic heterocycles. The van der Waals surface area contributed by atoms with Crippen LogP contribution in [-0.2, 0) is 4.74 Å². The van der Waals surface area contributed by atoms with Gasteiger partial charge >= 0.3 is 6.09 Å². The molecule has 2 saturated carbocycles. The minimum Gasteiger partial charge on any atom is -0.444 e. The molecule has 0 aliphatic heterocycles. The van der Waals surface area contributed by atoms with Gasteiger partial charge in [-0.05, 0) is 88.5 Å². The summed E-state index contributed by atoms with van der Waals surface area (Å²) >= 11 is 0. The molecule has 2 aliphatic rings. The minimum atomic E-state index is -0.511. The standard InChI is InChI=1S/C15H26N4O2.C10H18N4/c1-10(18(5)6)12-9-13(17-19(12)11-7-8-11)16-14(20)21-15(2,3)4;1-7(13(2)3)9-6-10(11)12-14(9)8-4-5-8/h9-11H,7-8H2,1-6H3,(H,16,17,20);6-8H,4-5H2,1-3H3,(H2,11,12). The van der Waals surface area contributed by atoms with Gasteiger partial charge in [-0.1, -0.05) is 0 Å². The van der Waals surface area contributed by atoms with E-state index in [1.54, 1.807) is 0 Å². The molecule has 0 radical (unpaired) electrons. The maximum Gasteiger partial charge on any atom is 0.413 e. The quantitative estimate of drug-likeness (QED) is 0.586. The summed E-state index contributed by atoms with van der Waals surface area (Å²) < 4.78 is 9.40. The van der Waals surface area contributed by atoms with E-state index in [0.717, 1.165) is 18.5 Å². The molecule has 4 rings (SSSR count). The summed E-state index contributed by atoms with van der Waals surface area (Å²) in [5, 5.41) is 11.6. The van der Waals surface area contributed by atoms with E-state index in [0.29, 0.717) is 29.8 Å². The number of anilines is 2. The van der Waals surface area contributed by atoms with Gasteiger partial charge < -0.3 is 20.3 Å². The number of hydrogen-bond acceptors (Lipinski definition) is 7. The van der Waals surface area contributed by atoms with E-state index >= 15 is 0 Å². The molecule has 35 heavy (non-hydrogen) atoms. The van der Waals surface area contributed by atoms with Crippen LogP contribution in [0.4, 0.5) is 16.4 Å². The van der Waals surface area contributed by atoms with Crippen LogP contribution in [0.5, 0.6) is 0 Å². The number of nitrogens with one attached hydrogen (secondary N) is 1. The third-order valence-electron chi connectivity index (χ3n) is 6.37. The molecule has 196 valence electrons. The first-order chi connectivity index (χ1) is 16.3. The highest BCUT2D eigenvalue weighted by atomic mass is 16.6. The van der Waals surface area contributed by atoms with Gasteiger partial charge in [0.2, 0.25) is 0 Å². The van der Waals surface area contributed by atoms with E-state index in [-0.39, 0.29) is 6.04 Å². The zero-order valence-electron chi connectivity index (χ0n) is 22.9. The van der Waals surface area contributed by atoms with Crippen LogP contribution in [-0.4, -0.2) is 69.2 Å². The number of nitrogens with two attached hydrogens (primary N) is 1. The van der Waals surface area contributed by atoms with Gasteiger partial charge in [0.1, 0.15) is 11.4 Å². The van der Waals surface area contributed by atoms with Crippen LogP contribution in [0.3, 0.4) is 0 Å². The van der Waals surface area contributed by atoms with Crippen molar-refractivity contribution in [3.8, 4) is 0 Å². The van der Waals surface area contributed by atoms with Gasteiger partial charge in [0.25, 0.3) is 0 Å². The first-order valence-corrected chi connectivity index (χ1v) is 12.5. The molecule has 1 amide bonds. The van der Waals surface area contributed by atoms with Crippen molar-refractivity contribution in [2.45, 2.75) is 90.1 Å². The third-order valence-corrected chi connectivity index (χ3v) is 6.37. The lowest BCUT2D eigenvalue weighted by Crippen LogP contribution is -2.27. The lowest BCUT2D eigenvalue weighted by Gasteiger charge is -2.20. The van der Waals surface area contributed by atoms with Crippen molar-refractivity contribution >= 4 is 17.7 Å². The Kier molecular flexibility index (Phi) is 8.16. The van der Waals surface area contributed by atoms with Crippen LogP contribution in [0, 0.1) is 0 Å². The second-order valence-corrected chi connectivity index (χ2v) is 11.2. The molecule has 0 saturated heterocycles. The van der Waals surface area contributed by atoms with Crippen molar-refractivity contribution < 1.29 is 9.53 Å². The van der Waals surface area contributed by atoms with Crippen molar-refractivity contribution in [1.82, 2.24) is 29.4 Å². The number of nitrogens with zero attached hydrogens (tertiary/aromatic N) is 6. The lowest BCUT2D eigenvalue weighted by molar-refractivity contribution is 0.0635. The van der Waals surface area contributed by atoms with Gasteiger partial charge in [-0.2, -0.15) is 10.2 Å². The van der Waals surface area contributed by atoms with E-state index in [4.69, 9.17) is 10.5 Å². The Balaban J connectivity index is 0.000000211.